The van der Waals surface area contributed by atoms with Crippen LogP contribution in [0.15, 0.2) is 16.7 Å². The van der Waals surface area contributed by atoms with E-state index in [4.69, 9.17) is 4.42 Å². The number of carbonyl (C=O) groups is 1. The fourth-order valence-electron chi connectivity index (χ4n) is 2.51. The number of carbonyl (C=O) groups excluding carboxylic acids is 1. The zero-order chi connectivity index (χ0) is 13.2. The molecule has 1 saturated carbocycles. The Morgan fingerprint density at radius 1 is 1.56 bits per heavy atom. The zero-order valence-electron chi connectivity index (χ0n) is 11.0. The summed E-state index contributed by atoms with van der Waals surface area (Å²) in [5.41, 5.74) is 0.0772. The van der Waals surface area contributed by atoms with Crippen molar-refractivity contribution in [3.05, 3.63) is 23.7 Å². The normalized spacial score (nSPS) is 28.1. The van der Waals surface area contributed by atoms with Crippen LogP contribution in [0.2, 0.25) is 0 Å². The van der Waals surface area contributed by atoms with Gasteiger partial charge in [-0.1, -0.05) is 6.92 Å². The van der Waals surface area contributed by atoms with Crippen LogP contribution in [0.4, 0.5) is 0 Å². The molecular weight excluding hydrogens is 230 g/mol. The van der Waals surface area contributed by atoms with Gasteiger partial charge in [-0.3, -0.25) is 4.79 Å². The molecule has 2 N–H and O–H groups in total. The quantitative estimate of drug-likeness (QED) is 0.866. The Kier molecular flexibility index (Phi) is 3.76. The number of aliphatic hydroxyl groups excluding tert-OH is 1. The van der Waals surface area contributed by atoms with Crippen LogP contribution in [0.5, 0.6) is 0 Å². The molecule has 0 spiro atoms. The Labute approximate surface area is 107 Å². The lowest BCUT2D eigenvalue weighted by Gasteiger charge is -2.38. The van der Waals surface area contributed by atoms with Crippen molar-refractivity contribution in [3.63, 3.8) is 0 Å². The van der Waals surface area contributed by atoms with E-state index in [1.165, 1.54) is 6.26 Å². The van der Waals surface area contributed by atoms with Crippen molar-refractivity contribution in [1.82, 2.24) is 5.32 Å². The number of hydrogen-bond donors (Lipinski definition) is 2. The van der Waals surface area contributed by atoms with E-state index in [-0.39, 0.29) is 12.5 Å². The number of hydrogen-bond acceptors (Lipinski definition) is 3. The minimum absolute atomic E-state index is 0.00228. The maximum Gasteiger partial charge on any atom is 0.255 e. The zero-order valence-corrected chi connectivity index (χ0v) is 11.0. The summed E-state index contributed by atoms with van der Waals surface area (Å²) < 4.78 is 5.14. The Morgan fingerprint density at radius 2 is 2.22 bits per heavy atom. The molecule has 1 aromatic heterocycles. The lowest BCUT2D eigenvalue weighted by molar-refractivity contribution is 0.0716. The molecule has 0 saturated heterocycles. The van der Waals surface area contributed by atoms with Crippen molar-refractivity contribution in [2.45, 2.75) is 45.1 Å². The van der Waals surface area contributed by atoms with Gasteiger partial charge in [0.2, 0.25) is 0 Å². The van der Waals surface area contributed by atoms with Crippen LogP contribution < -0.4 is 5.32 Å². The third-order valence-electron chi connectivity index (χ3n) is 3.91. The van der Waals surface area contributed by atoms with Gasteiger partial charge in [0.25, 0.3) is 5.91 Å². The third-order valence-corrected chi connectivity index (χ3v) is 3.91. The summed E-state index contributed by atoms with van der Waals surface area (Å²) in [6.45, 7) is 4.02. The van der Waals surface area contributed by atoms with Gasteiger partial charge in [-0.05, 0) is 44.6 Å². The van der Waals surface area contributed by atoms with Gasteiger partial charge >= 0.3 is 0 Å². The van der Waals surface area contributed by atoms with Crippen molar-refractivity contribution in [3.8, 4) is 0 Å². The molecule has 0 aromatic carbocycles. The average Bonchev–Trinajstić information content (AvgIpc) is 2.79. The summed E-state index contributed by atoms with van der Waals surface area (Å²) in [6.07, 6.45) is 5.23. The highest BCUT2D eigenvalue weighted by Gasteiger charge is 2.35. The van der Waals surface area contributed by atoms with E-state index < -0.39 is 5.54 Å². The van der Waals surface area contributed by atoms with Gasteiger partial charge in [-0.25, -0.2) is 0 Å². The highest BCUT2D eigenvalue weighted by atomic mass is 16.3. The maximum atomic E-state index is 12.1. The molecule has 0 radical (unpaired) electrons. The fraction of sp³-hybridized carbons (Fsp3) is 0.643. The van der Waals surface area contributed by atoms with E-state index in [1.54, 1.807) is 13.0 Å². The van der Waals surface area contributed by atoms with Gasteiger partial charge in [0.1, 0.15) is 12.0 Å². The molecule has 1 aliphatic rings. The lowest BCUT2D eigenvalue weighted by Crippen LogP contribution is -2.53. The maximum absolute atomic E-state index is 12.1. The first-order chi connectivity index (χ1) is 8.54. The molecule has 1 heterocycles. The molecule has 1 aromatic rings. The molecule has 2 rings (SSSR count). The predicted octanol–water partition coefficient (Wildman–Crippen LogP) is 2.26. The topological polar surface area (TPSA) is 62.5 Å². The number of aliphatic hydroxyl groups is 1. The van der Waals surface area contributed by atoms with Crippen LogP contribution in [0.1, 0.15) is 48.7 Å². The van der Waals surface area contributed by atoms with Gasteiger partial charge in [0.15, 0.2) is 0 Å². The van der Waals surface area contributed by atoms with Crippen LogP contribution >= 0.6 is 0 Å². The number of rotatable bonds is 3. The van der Waals surface area contributed by atoms with Gasteiger partial charge in [-0.2, -0.15) is 0 Å². The van der Waals surface area contributed by atoms with E-state index in [2.05, 4.69) is 12.2 Å². The molecule has 0 aliphatic heterocycles. The number of nitrogens with one attached hydrogen (secondary N) is 1. The number of aryl methyl sites for hydroxylation is 1. The van der Waals surface area contributed by atoms with E-state index in [0.29, 0.717) is 11.5 Å². The first-order valence-electron chi connectivity index (χ1n) is 6.53. The Hall–Kier alpha value is -1.29. The predicted molar refractivity (Wildman–Crippen MR) is 68.4 cm³/mol. The highest BCUT2D eigenvalue weighted by molar-refractivity contribution is 5.94. The van der Waals surface area contributed by atoms with Crippen molar-refractivity contribution < 1.29 is 14.3 Å². The van der Waals surface area contributed by atoms with Crippen LogP contribution in [0.3, 0.4) is 0 Å². The van der Waals surface area contributed by atoms with Gasteiger partial charge in [0.05, 0.1) is 17.7 Å². The molecule has 0 unspecified atom stereocenters. The van der Waals surface area contributed by atoms with Crippen LogP contribution in [0, 0.1) is 12.8 Å². The van der Waals surface area contributed by atoms with Gasteiger partial charge in [-0.15, -0.1) is 0 Å². The highest BCUT2D eigenvalue weighted by Crippen LogP contribution is 2.31. The molecule has 4 nitrogen and oxygen atoms in total. The molecular formula is C14H21NO3. The van der Waals surface area contributed by atoms with E-state index in [1.807, 2.05) is 0 Å². The molecule has 1 aliphatic carbocycles. The monoisotopic (exact) mass is 251 g/mol. The lowest BCUT2D eigenvalue weighted by atomic mass is 9.77. The minimum Gasteiger partial charge on any atom is -0.469 e. The SMILES string of the molecule is Cc1cc(C(=O)NC2(CO)CCC(C)CC2)co1. The summed E-state index contributed by atoms with van der Waals surface area (Å²) in [6, 6.07) is 1.71. The van der Waals surface area contributed by atoms with Crippen molar-refractivity contribution >= 4 is 5.91 Å². The fourth-order valence-corrected chi connectivity index (χ4v) is 2.51. The summed E-state index contributed by atoms with van der Waals surface area (Å²) in [5.74, 6) is 1.24. The number of furan rings is 1. The Morgan fingerprint density at radius 3 is 2.72 bits per heavy atom. The minimum atomic E-state index is -0.450. The third kappa shape index (κ3) is 2.75. The molecule has 1 amide bonds. The van der Waals surface area contributed by atoms with Crippen LogP contribution in [0.25, 0.3) is 0 Å². The summed E-state index contributed by atoms with van der Waals surface area (Å²) in [5, 5.41) is 12.6. The van der Waals surface area contributed by atoms with Crippen LogP contribution in [-0.2, 0) is 0 Å². The average molecular weight is 251 g/mol. The van der Waals surface area contributed by atoms with Crippen molar-refractivity contribution in [1.29, 1.82) is 0 Å². The van der Waals surface area contributed by atoms with E-state index >= 15 is 0 Å². The molecule has 1 fully saturated rings. The summed E-state index contributed by atoms with van der Waals surface area (Å²) in [7, 11) is 0. The first kappa shape index (κ1) is 13.1. The van der Waals surface area contributed by atoms with E-state index in [0.717, 1.165) is 31.4 Å². The summed E-state index contributed by atoms with van der Waals surface area (Å²) >= 11 is 0. The molecule has 0 atom stereocenters. The van der Waals surface area contributed by atoms with Crippen molar-refractivity contribution in [2.24, 2.45) is 5.92 Å². The van der Waals surface area contributed by atoms with Gasteiger partial charge < -0.3 is 14.8 Å². The second-order valence-corrected chi connectivity index (χ2v) is 5.52. The smallest absolute Gasteiger partial charge is 0.255 e. The largest absolute Gasteiger partial charge is 0.469 e. The molecule has 0 bridgehead atoms. The number of amides is 1. The second kappa shape index (κ2) is 5.14. The summed E-state index contributed by atoms with van der Waals surface area (Å²) in [4.78, 5) is 12.1. The van der Waals surface area contributed by atoms with E-state index in [9.17, 15) is 9.90 Å². The Balaban J connectivity index is 2.04. The van der Waals surface area contributed by atoms with Gasteiger partial charge in [0, 0.05) is 0 Å². The first-order valence-corrected chi connectivity index (χ1v) is 6.53. The van der Waals surface area contributed by atoms with Crippen molar-refractivity contribution in [2.75, 3.05) is 6.61 Å². The molecule has 18 heavy (non-hydrogen) atoms. The van der Waals surface area contributed by atoms with Crippen LogP contribution in [-0.4, -0.2) is 23.2 Å². The standard InChI is InChI=1S/C14H21NO3/c1-10-3-5-14(9-16,6-4-10)15-13(17)12-7-11(2)18-8-12/h7-8,10,16H,3-6,9H2,1-2H3,(H,15,17). The second-order valence-electron chi connectivity index (χ2n) is 5.52. The Bertz CT molecular complexity index is 416. The molecule has 4 heteroatoms. The molecule has 100 valence electrons.